The Kier molecular flexibility index (Phi) is 4.04. The first kappa shape index (κ1) is 13.0. The van der Waals surface area contributed by atoms with E-state index in [1.807, 2.05) is 0 Å². The van der Waals surface area contributed by atoms with Crippen LogP contribution in [0.25, 0.3) is 0 Å². The van der Waals surface area contributed by atoms with Crippen molar-refractivity contribution in [2.24, 2.45) is 0 Å². The number of benzene rings is 1. The summed E-state index contributed by atoms with van der Waals surface area (Å²) in [6, 6.07) is 6.75. The number of carbonyl (C=O) groups is 2. The first-order valence-corrected chi connectivity index (χ1v) is 6.08. The van der Waals surface area contributed by atoms with Crippen LogP contribution in [0.1, 0.15) is 23.2 Å². The summed E-state index contributed by atoms with van der Waals surface area (Å²) < 4.78 is 0. The normalized spacial score (nSPS) is 13.2. The van der Waals surface area contributed by atoms with E-state index in [1.54, 1.807) is 24.3 Å². The van der Waals surface area contributed by atoms with Crippen LogP contribution in [0, 0.1) is 12.3 Å². The van der Waals surface area contributed by atoms with Gasteiger partial charge in [-0.1, -0.05) is 12.0 Å². The van der Waals surface area contributed by atoms with Gasteiger partial charge in [0.1, 0.15) is 0 Å². The molecule has 1 fully saturated rings. The molecule has 0 bridgehead atoms. The van der Waals surface area contributed by atoms with Crippen LogP contribution >= 0.6 is 0 Å². The van der Waals surface area contributed by atoms with Crippen LogP contribution in [-0.2, 0) is 0 Å². The zero-order valence-corrected chi connectivity index (χ0v) is 10.4. The van der Waals surface area contributed by atoms with E-state index in [0.717, 1.165) is 12.8 Å². The maximum absolute atomic E-state index is 11.7. The molecule has 0 heterocycles. The Morgan fingerprint density at radius 1 is 1.37 bits per heavy atom. The molecule has 3 N–H and O–H groups in total. The Morgan fingerprint density at radius 2 is 2.16 bits per heavy atom. The number of carbonyl (C=O) groups excluding carboxylic acids is 2. The highest BCUT2D eigenvalue weighted by atomic mass is 16.2. The third-order valence-corrected chi connectivity index (χ3v) is 2.65. The summed E-state index contributed by atoms with van der Waals surface area (Å²) in [7, 11) is 0. The zero-order chi connectivity index (χ0) is 13.7. The van der Waals surface area contributed by atoms with Gasteiger partial charge < -0.3 is 16.0 Å². The minimum Gasteiger partial charge on any atom is -0.341 e. The summed E-state index contributed by atoms with van der Waals surface area (Å²) in [6.07, 6.45) is 7.13. The van der Waals surface area contributed by atoms with Crippen LogP contribution in [0.5, 0.6) is 0 Å². The molecule has 1 aromatic rings. The van der Waals surface area contributed by atoms with Gasteiger partial charge in [-0.15, -0.1) is 6.42 Å². The van der Waals surface area contributed by atoms with E-state index in [-0.39, 0.29) is 18.5 Å². The fourth-order valence-electron chi connectivity index (χ4n) is 1.55. The SMILES string of the molecule is C#CCNC(=O)c1cccc(NC(=O)NC2CC2)c1. The molecule has 0 spiro atoms. The van der Waals surface area contributed by atoms with Crippen molar-refractivity contribution in [1.82, 2.24) is 10.6 Å². The van der Waals surface area contributed by atoms with E-state index in [2.05, 4.69) is 21.9 Å². The van der Waals surface area contributed by atoms with Gasteiger partial charge in [-0.05, 0) is 31.0 Å². The Hall–Kier alpha value is -2.48. The highest BCUT2D eigenvalue weighted by Crippen LogP contribution is 2.19. The first-order chi connectivity index (χ1) is 9.19. The van der Waals surface area contributed by atoms with E-state index in [0.29, 0.717) is 17.3 Å². The van der Waals surface area contributed by atoms with E-state index < -0.39 is 0 Å². The largest absolute Gasteiger partial charge is 0.341 e. The smallest absolute Gasteiger partial charge is 0.319 e. The van der Waals surface area contributed by atoms with Gasteiger partial charge in [0, 0.05) is 17.3 Å². The number of nitrogens with one attached hydrogen (secondary N) is 3. The lowest BCUT2D eigenvalue weighted by molar-refractivity contribution is 0.0958. The molecule has 1 aromatic carbocycles. The minimum absolute atomic E-state index is 0.179. The van der Waals surface area contributed by atoms with E-state index >= 15 is 0 Å². The lowest BCUT2D eigenvalue weighted by Crippen LogP contribution is -2.30. The van der Waals surface area contributed by atoms with Crippen molar-refractivity contribution in [3.63, 3.8) is 0 Å². The number of terminal acetylenes is 1. The van der Waals surface area contributed by atoms with Crippen molar-refractivity contribution in [1.29, 1.82) is 0 Å². The topological polar surface area (TPSA) is 70.2 Å². The van der Waals surface area contributed by atoms with Gasteiger partial charge in [0.25, 0.3) is 5.91 Å². The molecule has 2 rings (SSSR count). The van der Waals surface area contributed by atoms with Crippen molar-refractivity contribution in [2.45, 2.75) is 18.9 Å². The predicted octanol–water partition coefficient (Wildman–Crippen LogP) is 1.33. The molecule has 5 heteroatoms. The summed E-state index contributed by atoms with van der Waals surface area (Å²) >= 11 is 0. The molecule has 0 aliphatic heterocycles. The molecule has 0 aromatic heterocycles. The molecule has 1 aliphatic carbocycles. The molecular weight excluding hydrogens is 242 g/mol. The number of amides is 3. The van der Waals surface area contributed by atoms with E-state index in [9.17, 15) is 9.59 Å². The molecule has 1 saturated carbocycles. The average Bonchev–Trinajstić information content (AvgIpc) is 3.20. The number of urea groups is 1. The Bertz CT molecular complexity index is 530. The van der Waals surface area contributed by atoms with Gasteiger partial charge in [0.05, 0.1) is 6.54 Å². The van der Waals surface area contributed by atoms with Gasteiger partial charge in [-0.3, -0.25) is 4.79 Å². The molecular formula is C14H15N3O2. The molecule has 1 aliphatic rings. The van der Waals surface area contributed by atoms with E-state index in [1.165, 1.54) is 0 Å². The predicted molar refractivity (Wildman–Crippen MR) is 72.8 cm³/mol. The number of rotatable bonds is 4. The number of hydrogen-bond acceptors (Lipinski definition) is 2. The quantitative estimate of drug-likeness (QED) is 0.712. The van der Waals surface area contributed by atoms with Crippen LogP contribution in [-0.4, -0.2) is 24.5 Å². The second-order valence-corrected chi connectivity index (χ2v) is 4.34. The maximum Gasteiger partial charge on any atom is 0.319 e. The molecule has 5 nitrogen and oxygen atoms in total. The summed E-state index contributed by atoms with van der Waals surface area (Å²) in [6.45, 7) is 0.179. The summed E-state index contributed by atoms with van der Waals surface area (Å²) in [5, 5.41) is 8.07. The third kappa shape index (κ3) is 4.03. The van der Waals surface area contributed by atoms with Crippen molar-refractivity contribution in [3.05, 3.63) is 29.8 Å². The maximum atomic E-state index is 11.7. The van der Waals surface area contributed by atoms with Crippen molar-refractivity contribution in [2.75, 3.05) is 11.9 Å². The fraction of sp³-hybridized carbons (Fsp3) is 0.286. The van der Waals surface area contributed by atoms with Crippen molar-refractivity contribution < 1.29 is 9.59 Å². The second-order valence-electron chi connectivity index (χ2n) is 4.34. The Balaban J connectivity index is 1.95. The Labute approximate surface area is 111 Å². The van der Waals surface area contributed by atoms with Gasteiger partial charge in [-0.25, -0.2) is 4.79 Å². The molecule has 0 atom stereocenters. The molecule has 3 amide bonds. The van der Waals surface area contributed by atoms with E-state index in [4.69, 9.17) is 6.42 Å². The molecule has 98 valence electrons. The lowest BCUT2D eigenvalue weighted by Gasteiger charge is -2.08. The fourth-order valence-corrected chi connectivity index (χ4v) is 1.55. The van der Waals surface area contributed by atoms with Gasteiger partial charge in [0.15, 0.2) is 0 Å². The van der Waals surface area contributed by atoms with Crippen LogP contribution in [0.4, 0.5) is 10.5 Å². The summed E-state index contributed by atoms with van der Waals surface area (Å²) in [5.41, 5.74) is 1.03. The molecule has 0 unspecified atom stereocenters. The number of hydrogen-bond donors (Lipinski definition) is 3. The molecule has 0 radical (unpaired) electrons. The van der Waals surface area contributed by atoms with Crippen molar-refractivity contribution >= 4 is 17.6 Å². The van der Waals surface area contributed by atoms with Crippen LogP contribution in [0.3, 0.4) is 0 Å². The van der Waals surface area contributed by atoms with Gasteiger partial charge >= 0.3 is 6.03 Å². The highest BCUT2D eigenvalue weighted by Gasteiger charge is 2.23. The Morgan fingerprint density at radius 3 is 2.84 bits per heavy atom. The average molecular weight is 257 g/mol. The zero-order valence-electron chi connectivity index (χ0n) is 10.4. The summed E-state index contributed by atoms with van der Waals surface area (Å²) in [4.78, 5) is 23.3. The monoisotopic (exact) mass is 257 g/mol. The second kappa shape index (κ2) is 5.91. The molecule has 19 heavy (non-hydrogen) atoms. The van der Waals surface area contributed by atoms with Crippen molar-refractivity contribution in [3.8, 4) is 12.3 Å². The molecule has 0 saturated heterocycles. The van der Waals surface area contributed by atoms with Crippen LogP contribution in [0.2, 0.25) is 0 Å². The third-order valence-electron chi connectivity index (χ3n) is 2.65. The van der Waals surface area contributed by atoms with Crippen LogP contribution in [0.15, 0.2) is 24.3 Å². The first-order valence-electron chi connectivity index (χ1n) is 6.08. The van der Waals surface area contributed by atoms with Gasteiger partial charge in [0.2, 0.25) is 0 Å². The minimum atomic E-state index is -0.260. The number of anilines is 1. The van der Waals surface area contributed by atoms with Crippen LogP contribution < -0.4 is 16.0 Å². The standard InChI is InChI=1S/C14H15N3O2/c1-2-8-15-13(18)10-4-3-5-12(9-10)17-14(19)16-11-6-7-11/h1,3-5,9,11H,6-8H2,(H,15,18)(H2,16,17,19). The lowest BCUT2D eigenvalue weighted by atomic mass is 10.2. The highest BCUT2D eigenvalue weighted by molar-refractivity contribution is 5.97. The summed E-state index contributed by atoms with van der Waals surface area (Å²) in [5.74, 6) is 2.07. The van der Waals surface area contributed by atoms with Gasteiger partial charge in [-0.2, -0.15) is 0 Å².